The predicted molar refractivity (Wildman–Crippen MR) is 205 cm³/mol. The van der Waals surface area contributed by atoms with Crippen LogP contribution in [0.5, 0.6) is 11.5 Å². The monoisotopic (exact) mass is 772 g/mol. The number of urea groups is 1. The number of H-pyrrole nitrogens is 1. The number of halogens is 3. The van der Waals surface area contributed by atoms with Crippen molar-refractivity contribution in [1.82, 2.24) is 30.0 Å². The number of alkyl halides is 3. The zero-order valence-corrected chi connectivity index (χ0v) is 31.4. The molecule has 56 heavy (non-hydrogen) atoms. The minimum Gasteiger partial charge on any atom is -0.496 e. The first-order chi connectivity index (χ1) is 26.9. The minimum absolute atomic E-state index is 0.0332. The topological polar surface area (TPSA) is 138 Å². The maximum Gasteiger partial charge on any atom is 0.420 e. The number of methoxy groups -OCH3 is 2. The number of benzene rings is 2. The molecule has 0 radical (unpaired) electrons. The van der Waals surface area contributed by atoms with Gasteiger partial charge in [0.2, 0.25) is 5.91 Å². The second kappa shape index (κ2) is 14.8. The standard InChI is InChI=1S/C40H43F3N8O5/c1-48-21-29(26-6-12-44-20-28(26)38(48)53)25-18-32(55-2)30(33(19-25)56-3)22-49-13-7-23(8-14-49)24-9-15-50(16-10-24)31-5-4-27-36(35(31)40(41,42)43)46-47-37(27)51-17-11-34(52)45-39(51)54/h4-6,12,18-21,23-24H,7-11,13-17,22H2,1-3H3,(H,46,47)(H,45,52,54). The summed E-state index contributed by atoms with van der Waals surface area (Å²) in [5.41, 5.74) is 1.68. The number of fused-ring (bicyclic) bond motifs is 2. The van der Waals surface area contributed by atoms with Crippen LogP contribution in [0.2, 0.25) is 0 Å². The van der Waals surface area contributed by atoms with Crippen LogP contribution < -0.4 is 30.1 Å². The fourth-order valence-corrected chi connectivity index (χ4v) is 8.84. The van der Waals surface area contributed by atoms with Crippen LogP contribution in [0.15, 0.2) is 53.7 Å². The molecule has 3 aliphatic rings. The summed E-state index contributed by atoms with van der Waals surface area (Å²) in [6.07, 6.45) is 3.99. The Morgan fingerprint density at radius 2 is 1.55 bits per heavy atom. The number of likely N-dealkylation sites (tertiary alicyclic amines) is 1. The number of aromatic nitrogens is 4. The summed E-state index contributed by atoms with van der Waals surface area (Å²) in [4.78, 5) is 46.4. The first-order valence-electron chi connectivity index (χ1n) is 18.8. The van der Waals surface area contributed by atoms with Crippen molar-refractivity contribution in [2.75, 3.05) is 56.7 Å². The second-order valence-electron chi connectivity index (χ2n) is 14.9. The van der Waals surface area contributed by atoms with Crippen molar-refractivity contribution in [3.05, 3.63) is 70.4 Å². The van der Waals surface area contributed by atoms with Crippen molar-refractivity contribution in [1.29, 1.82) is 0 Å². The number of ether oxygens (including phenoxy) is 2. The molecule has 2 aromatic carbocycles. The van der Waals surface area contributed by atoms with E-state index in [1.54, 1.807) is 44.3 Å². The molecule has 16 heteroatoms. The Kier molecular flexibility index (Phi) is 9.85. The van der Waals surface area contributed by atoms with Crippen LogP contribution in [-0.4, -0.2) is 83.5 Å². The van der Waals surface area contributed by atoms with Gasteiger partial charge in [0.1, 0.15) is 17.1 Å². The third-order valence-electron chi connectivity index (χ3n) is 11.8. The number of hydrogen-bond donors (Lipinski definition) is 2. The summed E-state index contributed by atoms with van der Waals surface area (Å²) in [6, 6.07) is 8.16. The molecule has 3 aliphatic heterocycles. The van der Waals surface area contributed by atoms with E-state index in [1.807, 2.05) is 29.3 Å². The van der Waals surface area contributed by atoms with Crippen molar-refractivity contribution in [3.63, 3.8) is 0 Å². The van der Waals surface area contributed by atoms with Crippen molar-refractivity contribution in [3.8, 4) is 22.6 Å². The van der Waals surface area contributed by atoms with E-state index < -0.39 is 23.7 Å². The average molecular weight is 773 g/mol. The Labute approximate surface area is 320 Å². The first kappa shape index (κ1) is 37.3. The number of hydrogen-bond acceptors (Lipinski definition) is 9. The van der Waals surface area contributed by atoms with Gasteiger partial charge in [-0.25, -0.2) is 4.79 Å². The smallest absolute Gasteiger partial charge is 0.420 e. The predicted octanol–water partition coefficient (Wildman–Crippen LogP) is 6.09. The molecule has 13 nitrogen and oxygen atoms in total. The molecule has 3 amide bonds. The third-order valence-corrected chi connectivity index (χ3v) is 11.8. The Balaban J connectivity index is 0.935. The lowest BCUT2D eigenvalue weighted by atomic mass is 9.78. The number of nitrogens with zero attached hydrogens (tertiary/aromatic N) is 6. The molecule has 3 saturated heterocycles. The highest BCUT2D eigenvalue weighted by molar-refractivity contribution is 6.09. The highest BCUT2D eigenvalue weighted by Gasteiger charge is 2.40. The van der Waals surface area contributed by atoms with Gasteiger partial charge in [-0.15, -0.1) is 0 Å². The molecular weight excluding hydrogens is 729 g/mol. The van der Waals surface area contributed by atoms with Gasteiger partial charge in [-0.1, -0.05) is 0 Å². The zero-order valence-electron chi connectivity index (χ0n) is 31.4. The van der Waals surface area contributed by atoms with E-state index >= 15 is 0 Å². The van der Waals surface area contributed by atoms with E-state index in [-0.39, 0.29) is 40.9 Å². The van der Waals surface area contributed by atoms with E-state index in [0.717, 1.165) is 60.8 Å². The lowest BCUT2D eigenvalue weighted by molar-refractivity contribution is -0.136. The number of imide groups is 1. The van der Waals surface area contributed by atoms with E-state index in [4.69, 9.17) is 9.47 Å². The summed E-state index contributed by atoms with van der Waals surface area (Å²) in [6.45, 7) is 3.41. The molecule has 0 bridgehead atoms. The van der Waals surface area contributed by atoms with Crippen LogP contribution >= 0.6 is 0 Å². The Hall–Kier alpha value is -5.64. The number of amides is 3. The van der Waals surface area contributed by atoms with Crippen molar-refractivity contribution in [2.24, 2.45) is 18.9 Å². The number of piperidine rings is 2. The van der Waals surface area contributed by atoms with Gasteiger partial charge in [-0.2, -0.15) is 18.3 Å². The number of carbonyl (C=O) groups excluding carboxylic acids is 2. The van der Waals surface area contributed by atoms with E-state index in [2.05, 4.69) is 25.4 Å². The van der Waals surface area contributed by atoms with Crippen LogP contribution in [0, 0.1) is 11.8 Å². The molecule has 0 aliphatic carbocycles. The average Bonchev–Trinajstić information content (AvgIpc) is 3.62. The molecule has 2 N–H and O–H groups in total. The van der Waals surface area contributed by atoms with E-state index in [9.17, 15) is 27.6 Å². The highest BCUT2D eigenvalue weighted by Crippen LogP contribution is 2.45. The second-order valence-corrected chi connectivity index (χ2v) is 14.9. The van der Waals surface area contributed by atoms with Crippen LogP contribution in [0.4, 0.5) is 29.5 Å². The fourth-order valence-electron chi connectivity index (χ4n) is 8.84. The largest absolute Gasteiger partial charge is 0.496 e. The van der Waals surface area contributed by atoms with Gasteiger partial charge in [-0.05, 0) is 91.9 Å². The Morgan fingerprint density at radius 1 is 0.875 bits per heavy atom. The van der Waals surface area contributed by atoms with Crippen molar-refractivity contribution in [2.45, 2.75) is 44.8 Å². The SMILES string of the molecule is COc1cc(-c2cn(C)c(=O)c3cnccc23)cc(OC)c1CN1CCC(C2CCN(c3ccc4c(N5CCC(=O)NC5=O)n[nH]c4c3C(F)(F)F)CC2)CC1. The van der Waals surface area contributed by atoms with Gasteiger partial charge in [0, 0.05) is 69.2 Å². The maximum atomic E-state index is 14.7. The van der Waals surface area contributed by atoms with Crippen LogP contribution in [0.3, 0.4) is 0 Å². The Bertz CT molecular complexity index is 2350. The lowest BCUT2D eigenvalue weighted by Gasteiger charge is -2.41. The maximum absolute atomic E-state index is 14.7. The minimum atomic E-state index is -4.67. The number of carbonyl (C=O) groups is 2. The van der Waals surface area contributed by atoms with Crippen LogP contribution in [0.25, 0.3) is 32.8 Å². The number of aromatic amines is 1. The summed E-state index contributed by atoms with van der Waals surface area (Å²) in [5.74, 6) is 1.89. The molecule has 6 heterocycles. The summed E-state index contributed by atoms with van der Waals surface area (Å²) < 4.78 is 57.5. The lowest BCUT2D eigenvalue weighted by Crippen LogP contribution is -2.49. The number of aryl methyl sites for hydroxylation is 1. The van der Waals surface area contributed by atoms with Gasteiger partial charge < -0.3 is 18.9 Å². The normalized spacial score (nSPS) is 17.9. The Morgan fingerprint density at radius 3 is 2.20 bits per heavy atom. The molecule has 0 unspecified atom stereocenters. The highest BCUT2D eigenvalue weighted by atomic mass is 19.4. The molecule has 3 fully saturated rings. The molecule has 8 rings (SSSR count). The van der Waals surface area contributed by atoms with E-state index in [0.29, 0.717) is 48.4 Å². The van der Waals surface area contributed by atoms with Gasteiger partial charge >= 0.3 is 12.2 Å². The molecule has 3 aromatic heterocycles. The summed E-state index contributed by atoms with van der Waals surface area (Å²) >= 11 is 0. The molecule has 0 saturated carbocycles. The van der Waals surface area contributed by atoms with E-state index in [1.165, 1.54) is 11.0 Å². The third kappa shape index (κ3) is 6.79. The molecule has 0 atom stereocenters. The van der Waals surface area contributed by atoms with Gasteiger partial charge in [0.25, 0.3) is 5.56 Å². The summed E-state index contributed by atoms with van der Waals surface area (Å²) in [7, 11) is 5.01. The van der Waals surface area contributed by atoms with Gasteiger partial charge in [-0.3, -0.25) is 34.8 Å². The van der Waals surface area contributed by atoms with Gasteiger partial charge in [0.15, 0.2) is 5.82 Å². The number of pyridine rings is 2. The molecule has 5 aromatic rings. The van der Waals surface area contributed by atoms with Gasteiger partial charge in [0.05, 0.1) is 36.4 Å². The number of rotatable bonds is 8. The first-order valence-corrected chi connectivity index (χ1v) is 18.8. The van der Waals surface area contributed by atoms with Crippen molar-refractivity contribution < 1.29 is 32.2 Å². The molecule has 294 valence electrons. The number of nitrogens with one attached hydrogen (secondary N) is 2. The number of anilines is 2. The van der Waals surface area contributed by atoms with Crippen molar-refractivity contribution >= 4 is 45.1 Å². The molecular formula is C40H43F3N8O5. The fraction of sp³-hybridized carbons (Fsp3) is 0.425. The zero-order chi connectivity index (χ0) is 39.3. The molecule has 0 spiro atoms. The van der Waals surface area contributed by atoms with Crippen LogP contribution in [-0.2, 0) is 24.6 Å². The quantitative estimate of drug-likeness (QED) is 0.192. The summed E-state index contributed by atoms with van der Waals surface area (Å²) in [5, 5.41) is 10.3. The van der Waals surface area contributed by atoms with Crippen LogP contribution in [0.1, 0.15) is 43.2 Å².